The van der Waals surface area contributed by atoms with Crippen molar-refractivity contribution in [1.82, 2.24) is 19.6 Å². The molecule has 0 fully saturated rings. The first-order valence-electron chi connectivity index (χ1n) is 9.65. The van der Waals surface area contributed by atoms with Gasteiger partial charge in [0.05, 0.1) is 12.2 Å². The number of alkyl halides is 3. The molecule has 3 heterocycles. The Bertz CT molecular complexity index is 1120. The summed E-state index contributed by atoms with van der Waals surface area (Å²) in [6.07, 6.45) is -1.62. The van der Waals surface area contributed by atoms with Crippen LogP contribution in [0.5, 0.6) is 0 Å². The zero-order valence-electron chi connectivity index (χ0n) is 16.8. The van der Waals surface area contributed by atoms with E-state index in [-0.39, 0.29) is 49.4 Å². The average Bonchev–Trinajstić information content (AvgIpc) is 3.14. The van der Waals surface area contributed by atoms with E-state index in [2.05, 4.69) is 10.4 Å². The number of hydrogen-bond donors (Lipinski definition) is 1. The Kier molecular flexibility index (Phi) is 5.39. The first-order chi connectivity index (χ1) is 15.0. The molecule has 1 aromatic heterocycles. The van der Waals surface area contributed by atoms with Crippen molar-refractivity contribution in [2.45, 2.75) is 19.1 Å². The number of nitrogens with zero attached hydrogens (tertiary/aromatic N) is 4. The van der Waals surface area contributed by atoms with Crippen LogP contribution in [0.1, 0.15) is 23.2 Å². The van der Waals surface area contributed by atoms with Gasteiger partial charge in [-0.05, 0) is 24.1 Å². The van der Waals surface area contributed by atoms with Crippen LogP contribution in [0.4, 0.5) is 32.4 Å². The molecule has 1 N–H and O–H groups in total. The van der Waals surface area contributed by atoms with Gasteiger partial charge in [0.1, 0.15) is 6.54 Å². The van der Waals surface area contributed by atoms with E-state index in [9.17, 15) is 31.5 Å². The fraction of sp³-hybridized carbons (Fsp3) is 0.350. The maximum atomic E-state index is 14.1. The minimum atomic E-state index is -4.60. The molecule has 4 rings (SSSR count). The molecule has 1 aromatic carbocycles. The van der Waals surface area contributed by atoms with E-state index >= 15 is 0 Å². The van der Waals surface area contributed by atoms with Gasteiger partial charge in [-0.1, -0.05) is 6.08 Å². The van der Waals surface area contributed by atoms with Gasteiger partial charge < -0.3 is 15.1 Å². The number of anilines is 1. The average molecular weight is 455 g/mol. The molecule has 0 saturated heterocycles. The van der Waals surface area contributed by atoms with Crippen molar-refractivity contribution in [2.75, 3.05) is 25.0 Å². The van der Waals surface area contributed by atoms with Gasteiger partial charge >= 0.3 is 12.2 Å². The maximum absolute atomic E-state index is 14.1. The smallest absolute Gasteiger partial charge is 0.337 e. The number of urea groups is 1. The number of carbonyl (C=O) groups is 2. The lowest BCUT2D eigenvalue weighted by molar-refractivity contribution is -0.141. The minimum Gasteiger partial charge on any atom is -0.337 e. The minimum absolute atomic E-state index is 0.0309. The number of aromatic nitrogens is 2. The predicted molar refractivity (Wildman–Crippen MR) is 103 cm³/mol. The molecule has 0 bridgehead atoms. The lowest BCUT2D eigenvalue weighted by atomic mass is 9.99. The summed E-state index contributed by atoms with van der Waals surface area (Å²) in [4.78, 5) is 27.3. The van der Waals surface area contributed by atoms with Gasteiger partial charge in [-0.2, -0.15) is 18.3 Å². The highest BCUT2D eigenvalue weighted by Gasteiger charge is 2.38. The summed E-state index contributed by atoms with van der Waals surface area (Å²) in [5, 5.41) is 5.91. The Morgan fingerprint density at radius 3 is 2.66 bits per heavy atom. The summed E-state index contributed by atoms with van der Waals surface area (Å²) in [5.74, 6) is -2.62. The highest BCUT2D eigenvalue weighted by Crippen LogP contribution is 2.35. The van der Waals surface area contributed by atoms with Crippen LogP contribution in [0.2, 0.25) is 0 Å². The number of fused-ring (bicyclic) bond motifs is 1. The molecule has 0 radical (unpaired) electrons. The zero-order chi connectivity index (χ0) is 23.2. The monoisotopic (exact) mass is 455 g/mol. The van der Waals surface area contributed by atoms with E-state index in [4.69, 9.17) is 0 Å². The van der Waals surface area contributed by atoms with Gasteiger partial charge in [-0.3, -0.25) is 9.48 Å². The number of halogens is 5. The molecule has 0 spiro atoms. The Balaban J connectivity index is 1.45. The van der Waals surface area contributed by atoms with Gasteiger partial charge in [0.2, 0.25) is 5.91 Å². The summed E-state index contributed by atoms with van der Waals surface area (Å²) in [6.45, 7) is -0.470. The number of carbonyl (C=O) groups excluding carboxylic acids is 2. The van der Waals surface area contributed by atoms with Crippen LogP contribution in [0, 0.1) is 11.6 Å². The number of rotatable bonds is 3. The topological polar surface area (TPSA) is 70.5 Å². The first-order valence-corrected chi connectivity index (χ1v) is 9.65. The van der Waals surface area contributed by atoms with E-state index in [1.165, 1.54) is 30.3 Å². The Morgan fingerprint density at radius 2 is 2.00 bits per heavy atom. The SMILES string of the molecule is Cn1cc(C2=CCN(C(=O)CN3Cc4c(ccc(F)c4F)NC3=O)CC2)c(C(F)(F)F)n1. The summed E-state index contributed by atoms with van der Waals surface area (Å²) in [5.41, 5.74) is -0.508. The Morgan fingerprint density at radius 1 is 1.25 bits per heavy atom. The van der Waals surface area contributed by atoms with Crippen molar-refractivity contribution in [1.29, 1.82) is 0 Å². The second-order valence-electron chi connectivity index (χ2n) is 7.56. The van der Waals surface area contributed by atoms with Gasteiger partial charge in [0, 0.05) is 37.5 Å². The maximum Gasteiger partial charge on any atom is 0.435 e. The third-order valence-electron chi connectivity index (χ3n) is 5.41. The van der Waals surface area contributed by atoms with Crippen molar-refractivity contribution >= 4 is 23.2 Å². The van der Waals surface area contributed by atoms with Crippen molar-refractivity contribution < 1.29 is 31.5 Å². The van der Waals surface area contributed by atoms with Gasteiger partial charge in [-0.15, -0.1) is 0 Å². The zero-order valence-corrected chi connectivity index (χ0v) is 16.8. The molecular weight excluding hydrogens is 437 g/mol. The Hall–Kier alpha value is -3.44. The Labute approximate surface area is 179 Å². The van der Waals surface area contributed by atoms with Gasteiger partial charge in [-0.25, -0.2) is 13.6 Å². The van der Waals surface area contributed by atoms with Crippen LogP contribution >= 0.6 is 0 Å². The van der Waals surface area contributed by atoms with E-state index in [1.807, 2.05) is 0 Å². The normalized spacial score (nSPS) is 16.6. The highest BCUT2D eigenvalue weighted by molar-refractivity contribution is 5.95. The van der Waals surface area contributed by atoms with Crippen LogP contribution in [0.3, 0.4) is 0 Å². The van der Waals surface area contributed by atoms with Crippen molar-refractivity contribution in [3.63, 3.8) is 0 Å². The standard InChI is InChI=1S/C20H18F5N5O2/c1-28-8-12(18(27-28)20(23,24)25)11-4-6-29(7-5-11)16(31)10-30-9-13-15(26-19(30)32)3-2-14(21)17(13)22/h2-4,8H,5-7,9-10H2,1H3,(H,26,32). The van der Waals surface area contributed by atoms with E-state index in [1.54, 1.807) is 0 Å². The van der Waals surface area contributed by atoms with Crippen molar-refractivity contribution in [2.24, 2.45) is 7.05 Å². The van der Waals surface area contributed by atoms with Crippen molar-refractivity contribution in [3.8, 4) is 0 Å². The molecular formula is C20H18F5N5O2. The van der Waals surface area contributed by atoms with Crippen LogP contribution < -0.4 is 5.32 Å². The fourth-order valence-corrected chi connectivity index (χ4v) is 3.79. The number of hydrogen-bond acceptors (Lipinski definition) is 3. The molecule has 0 aliphatic carbocycles. The van der Waals surface area contributed by atoms with E-state index < -0.39 is 35.4 Å². The molecule has 2 aliphatic heterocycles. The van der Waals surface area contributed by atoms with Crippen molar-refractivity contribution in [3.05, 3.63) is 52.9 Å². The van der Waals surface area contributed by atoms with Crippen LogP contribution in [0.25, 0.3) is 5.57 Å². The predicted octanol–water partition coefficient (Wildman–Crippen LogP) is 3.38. The lowest BCUT2D eigenvalue weighted by Gasteiger charge is -2.32. The number of amides is 3. The second kappa shape index (κ2) is 7.92. The molecule has 3 amide bonds. The summed E-state index contributed by atoms with van der Waals surface area (Å²) < 4.78 is 68.3. The molecule has 0 unspecified atom stereocenters. The number of aryl methyl sites for hydroxylation is 1. The molecule has 7 nitrogen and oxygen atoms in total. The van der Waals surface area contributed by atoms with Gasteiger partial charge in [0.15, 0.2) is 17.3 Å². The molecule has 0 saturated carbocycles. The second-order valence-corrected chi connectivity index (χ2v) is 7.56. The fourth-order valence-electron chi connectivity index (χ4n) is 3.79. The van der Waals surface area contributed by atoms with E-state index in [0.717, 1.165) is 15.6 Å². The lowest BCUT2D eigenvalue weighted by Crippen LogP contribution is -2.47. The van der Waals surface area contributed by atoms with Gasteiger partial charge in [0.25, 0.3) is 0 Å². The van der Waals surface area contributed by atoms with Crippen LogP contribution in [-0.2, 0) is 24.6 Å². The summed E-state index contributed by atoms with van der Waals surface area (Å²) >= 11 is 0. The molecule has 170 valence electrons. The van der Waals surface area contributed by atoms with Crippen LogP contribution in [-0.4, -0.2) is 51.2 Å². The molecule has 12 heteroatoms. The van der Waals surface area contributed by atoms with Crippen LogP contribution in [0.15, 0.2) is 24.4 Å². The summed E-state index contributed by atoms with van der Waals surface area (Å²) in [6, 6.07) is 1.52. The quantitative estimate of drug-likeness (QED) is 0.722. The number of benzene rings is 1. The third kappa shape index (κ3) is 4.04. The molecule has 2 aliphatic rings. The highest BCUT2D eigenvalue weighted by atomic mass is 19.4. The first kappa shape index (κ1) is 21.8. The summed E-state index contributed by atoms with van der Waals surface area (Å²) in [7, 11) is 1.40. The molecule has 32 heavy (non-hydrogen) atoms. The third-order valence-corrected chi connectivity index (χ3v) is 5.41. The molecule has 0 atom stereocenters. The molecule has 2 aromatic rings. The van der Waals surface area contributed by atoms with E-state index in [0.29, 0.717) is 5.57 Å². The largest absolute Gasteiger partial charge is 0.435 e. The number of nitrogens with one attached hydrogen (secondary N) is 1.